The number of nitrogens with one attached hydrogen (secondary N) is 1. The maximum Gasteiger partial charge on any atom is 0.274 e. The topological polar surface area (TPSA) is 54.6 Å². The molecule has 1 heterocycles. The number of amides is 1. The molecular weight excluding hydrogens is 216 g/mol. The van der Waals surface area contributed by atoms with E-state index in [1.807, 2.05) is 0 Å². The van der Waals surface area contributed by atoms with E-state index in [0.29, 0.717) is 17.2 Å². The van der Waals surface area contributed by atoms with Gasteiger partial charge in [0.25, 0.3) is 5.91 Å². The summed E-state index contributed by atoms with van der Waals surface area (Å²) in [5, 5.41) is 4.21. The summed E-state index contributed by atoms with van der Waals surface area (Å²) in [4.78, 5) is 11.8. The SMILES string of the molecule is Cc1occc1C(=O)NN=C1CCCC(C)C1. The van der Waals surface area contributed by atoms with Crippen LogP contribution in [0.5, 0.6) is 0 Å². The van der Waals surface area contributed by atoms with Gasteiger partial charge in [0.2, 0.25) is 0 Å². The van der Waals surface area contributed by atoms with Gasteiger partial charge < -0.3 is 4.42 Å². The van der Waals surface area contributed by atoms with Crippen LogP contribution >= 0.6 is 0 Å². The Bertz CT molecular complexity index is 434. The highest BCUT2D eigenvalue weighted by Gasteiger charge is 2.15. The van der Waals surface area contributed by atoms with Crippen molar-refractivity contribution in [3.8, 4) is 0 Å². The van der Waals surface area contributed by atoms with Gasteiger partial charge in [-0.25, -0.2) is 5.43 Å². The fourth-order valence-corrected chi connectivity index (χ4v) is 2.17. The lowest BCUT2D eigenvalue weighted by molar-refractivity contribution is 0.0953. The van der Waals surface area contributed by atoms with Crippen molar-refractivity contribution in [2.24, 2.45) is 11.0 Å². The van der Waals surface area contributed by atoms with E-state index in [9.17, 15) is 4.79 Å². The van der Waals surface area contributed by atoms with Crippen molar-refractivity contribution in [2.75, 3.05) is 0 Å². The molecule has 1 unspecified atom stereocenters. The van der Waals surface area contributed by atoms with E-state index in [4.69, 9.17) is 4.42 Å². The van der Waals surface area contributed by atoms with E-state index in [1.54, 1.807) is 13.0 Å². The van der Waals surface area contributed by atoms with Gasteiger partial charge in [0.15, 0.2) is 0 Å². The second-order valence-corrected chi connectivity index (χ2v) is 4.71. The van der Waals surface area contributed by atoms with Gasteiger partial charge in [0.1, 0.15) is 5.76 Å². The number of rotatable bonds is 2. The molecule has 1 aliphatic rings. The second kappa shape index (κ2) is 5.17. The van der Waals surface area contributed by atoms with Crippen LogP contribution in [0.2, 0.25) is 0 Å². The van der Waals surface area contributed by atoms with Gasteiger partial charge in [-0.2, -0.15) is 5.10 Å². The quantitative estimate of drug-likeness (QED) is 0.800. The summed E-state index contributed by atoms with van der Waals surface area (Å²) in [5.74, 6) is 1.11. The highest BCUT2D eigenvalue weighted by atomic mass is 16.3. The molecule has 17 heavy (non-hydrogen) atoms. The van der Waals surface area contributed by atoms with Gasteiger partial charge >= 0.3 is 0 Å². The Morgan fingerprint density at radius 2 is 2.41 bits per heavy atom. The number of hydrogen-bond donors (Lipinski definition) is 1. The van der Waals surface area contributed by atoms with Crippen molar-refractivity contribution < 1.29 is 9.21 Å². The first-order valence-electron chi connectivity index (χ1n) is 6.06. The Morgan fingerprint density at radius 1 is 1.59 bits per heavy atom. The summed E-state index contributed by atoms with van der Waals surface area (Å²) >= 11 is 0. The van der Waals surface area contributed by atoms with Gasteiger partial charge in [-0.1, -0.05) is 6.92 Å². The first kappa shape index (κ1) is 11.9. The molecular formula is C13H18N2O2. The largest absolute Gasteiger partial charge is 0.469 e. The number of nitrogens with zero attached hydrogens (tertiary/aromatic N) is 1. The van der Waals surface area contributed by atoms with Crippen LogP contribution in [-0.2, 0) is 0 Å². The lowest BCUT2D eigenvalue weighted by Crippen LogP contribution is -2.22. The molecule has 0 spiro atoms. The number of hydrogen-bond acceptors (Lipinski definition) is 3. The molecule has 0 bridgehead atoms. The van der Waals surface area contributed by atoms with Crippen LogP contribution in [0.15, 0.2) is 21.8 Å². The Balaban J connectivity index is 1.96. The number of carbonyl (C=O) groups is 1. The van der Waals surface area contributed by atoms with Gasteiger partial charge in [-0.3, -0.25) is 4.79 Å². The third kappa shape index (κ3) is 2.96. The molecule has 0 radical (unpaired) electrons. The van der Waals surface area contributed by atoms with Crippen LogP contribution in [0.1, 0.15) is 48.7 Å². The molecule has 1 amide bonds. The Hall–Kier alpha value is -1.58. The molecule has 1 aromatic heterocycles. The summed E-state index contributed by atoms with van der Waals surface area (Å²) in [6.07, 6.45) is 5.92. The van der Waals surface area contributed by atoms with Crippen LogP contribution in [0.3, 0.4) is 0 Å². The summed E-state index contributed by atoms with van der Waals surface area (Å²) in [6.45, 7) is 3.99. The van der Waals surface area contributed by atoms with Crippen LogP contribution in [0.4, 0.5) is 0 Å². The minimum absolute atomic E-state index is 0.193. The molecule has 1 aromatic rings. The molecule has 2 rings (SSSR count). The maximum atomic E-state index is 11.8. The molecule has 4 heteroatoms. The van der Waals surface area contributed by atoms with Crippen molar-refractivity contribution in [2.45, 2.75) is 39.5 Å². The molecule has 0 aliphatic heterocycles. The number of hydrazone groups is 1. The highest BCUT2D eigenvalue weighted by molar-refractivity contribution is 5.96. The predicted octanol–water partition coefficient (Wildman–Crippen LogP) is 2.88. The zero-order valence-corrected chi connectivity index (χ0v) is 10.3. The fourth-order valence-electron chi connectivity index (χ4n) is 2.17. The van der Waals surface area contributed by atoms with Crippen molar-refractivity contribution in [1.29, 1.82) is 0 Å². The standard InChI is InChI=1S/C13H18N2O2/c1-9-4-3-5-11(8-9)14-15-13(16)12-6-7-17-10(12)2/h6-7,9H,3-5,8H2,1-2H3,(H,15,16). The molecule has 1 atom stereocenters. The monoisotopic (exact) mass is 234 g/mol. The molecule has 1 aliphatic carbocycles. The molecule has 1 saturated carbocycles. The van der Waals surface area contributed by atoms with Crippen LogP contribution in [0.25, 0.3) is 0 Å². The minimum Gasteiger partial charge on any atom is -0.469 e. The molecule has 1 fully saturated rings. The number of aryl methyl sites for hydroxylation is 1. The third-order valence-corrected chi connectivity index (χ3v) is 3.17. The van der Waals surface area contributed by atoms with E-state index in [2.05, 4.69) is 17.5 Å². The Labute approximate surface area is 101 Å². The number of furan rings is 1. The zero-order valence-electron chi connectivity index (χ0n) is 10.3. The second-order valence-electron chi connectivity index (χ2n) is 4.71. The zero-order chi connectivity index (χ0) is 12.3. The highest BCUT2D eigenvalue weighted by Crippen LogP contribution is 2.21. The molecule has 0 saturated heterocycles. The normalized spacial score (nSPS) is 22.7. The van der Waals surface area contributed by atoms with E-state index in [1.165, 1.54) is 19.1 Å². The van der Waals surface area contributed by atoms with Crippen molar-refractivity contribution in [3.63, 3.8) is 0 Å². The van der Waals surface area contributed by atoms with Crippen LogP contribution in [0, 0.1) is 12.8 Å². The predicted molar refractivity (Wildman–Crippen MR) is 66.0 cm³/mol. The Morgan fingerprint density at radius 3 is 3.06 bits per heavy atom. The van der Waals surface area contributed by atoms with E-state index < -0.39 is 0 Å². The third-order valence-electron chi connectivity index (χ3n) is 3.17. The maximum absolute atomic E-state index is 11.8. The lowest BCUT2D eigenvalue weighted by Gasteiger charge is -2.18. The summed E-state index contributed by atoms with van der Waals surface area (Å²) < 4.78 is 5.09. The average molecular weight is 234 g/mol. The average Bonchev–Trinajstić information content (AvgIpc) is 2.72. The summed E-state index contributed by atoms with van der Waals surface area (Å²) in [6, 6.07) is 1.66. The van der Waals surface area contributed by atoms with E-state index in [0.717, 1.165) is 18.6 Å². The van der Waals surface area contributed by atoms with Crippen LogP contribution < -0.4 is 5.43 Å². The fraction of sp³-hybridized carbons (Fsp3) is 0.538. The van der Waals surface area contributed by atoms with Gasteiger partial charge in [0, 0.05) is 5.71 Å². The van der Waals surface area contributed by atoms with E-state index in [-0.39, 0.29) is 5.91 Å². The van der Waals surface area contributed by atoms with Crippen LogP contribution in [-0.4, -0.2) is 11.6 Å². The lowest BCUT2D eigenvalue weighted by atomic mass is 9.89. The van der Waals surface area contributed by atoms with Gasteiger partial charge in [-0.05, 0) is 44.6 Å². The molecule has 0 aromatic carbocycles. The minimum atomic E-state index is -0.193. The molecule has 1 N–H and O–H groups in total. The van der Waals surface area contributed by atoms with E-state index >= 15 is 0 Å². The first-order chi connectivity index (χ1) is 8.16. The smallest absolute Gasteiger partial charge is 0.274 e. The van der Waals surface area contributed by atoms with Crippen molar-refractivity contribution >= 4 is 11.6 Å². The summed E-state index contributed by atoms with van der Waals surface area (Å²) in [5.41, 5.74) is 4.25. The molecule has 92 valence electrons. The molecule has 4 nitrogen and oxygen atoms in total. The van der Waals surface area contributed by atoms with Gasteiger partial charge in [-0.15, -0.1) is 0 Å². The van der Waals surface area contributed by atoms with Crippen molar-refractivity contribution in [1.82, 2.24) is 5.43 Å². The van der Waals surface area contributed by atoms with Crippen molar-refractivity contribution in [3.05, 3.63) is 23.7 Å². The number of carbonyl (C=O) groups excluding carboxylic acids is 1. The summed E-state index contributed by atoms with van der Waals surface area (Å²) in [7, 11) is 0. The first-order valence-corrected chi connectivity index (χ1v) is 6.06. The Kier molecular flexibility index (Phi) is 3.61. The van der Waals surface area contributed by atoms with Gasteiger partial charge in [0.05, 0.1) is 11.8 Å².